The summed E-state index contributed by atoms with van der Waals surface area (Å²) in [7, 11) is 0. The number of carbonyl (C=O) groups excluding carboxylic acids is 1. The number of carboxylic acids is 1. The number of rotatable bonds is 3. The Kier molecular flexibility index (Phi) is 3.08. The highest BCUT2D eigenvalue weighted by molar-refractivity contribution is 7.98. The standard InChI is InChI=1S/C9H8O3S/c1-13-7-4-2-6(3-5-7)8(10)9(11)12/h2-5H,1H3,(H,11,12). The second-order valence-electron chi connectivity index (χ2n) is 2.36. The van der Waals surface area contributed by atoms with Gasteiger partial charge in [0.2, 0.25) is 0 Å². The Bertz CT molecular complexity index is 329. The normalized spacial score (nSPS) is 9.62. The zero-order valence-electron chi connectivity index (χ0n) is 6.98. The van der Waals surface area contributed by atoms with E-state index in [9.17, 15) is 9.59 Å². The minimum Gasteiger partial charge on any atom is -0.475 e. The number of aliphatic carboxylic acids is 1. The first-order valence-corrected chi connectivity index (χ1v) is 4.79. The Balaban J connectivity index is 2.92. The summed E-state index contributed by atoms with van der Waals surface area (Å²) in [6.07, 6.45) is 1.91. The molecule has 1 aromatic rings. The van der Waals surface area contributed by atoms with Gasteiger partial charge in [0.25, 0.3) is 5.78 Å². The van der Waals surface area contributed by atoms with Crippen molar-refractivity contribution in [2.75, 3.05) is 6.26 Å². The van der Waals surface area contributed by atoms with Crippen LogP contribution in [0.5, 0.6) is 0 Å². The largest absolute Gasteiger partial charge is 0.475 e. The van der Waals surface area contributed by atoms with Gasteiger partial charge in [-0.15, -0.1) is 11.8 Å². The molecule has 0 aromatic heterocycles. The van der Waals surface area contributed by atoms with Crippen molar-refractivity contribution in [3.05, 3.63) is 29.8 Å². The van der Waals surface area contributed by atoms with E-state index in [4.69, 9.17) is 5.11 Å². The second kappa shape index (κ2) is 4.09. The van der Waals surface area contributed by atoms with Crippen molar-refractivity contribution in [1.82, 2.24) is 0 Å². The summed E-state index contributed by atoms with van der Waals surface area (Å²) in [5, 5.41) is 8.41. The van der Waals surface area contributed by atoms with E-state index < -0.39 is 11.8 Å². The fourth-order valence-corrected chi connectivity index (χ4v) is 1.27. The van der Waals surface area contributed by atoms with E-state index in [1.54, 1.807) is 12.1 Å². The van der Waals surface area contributed by atoms with Gasteiger partial charge < -0.3 is 5.11 Å². The average Bonchev–Trinajstić information content (AvgIpc) is 2.17. The first-order valence-electron chi connectivity index (χ1n) is 3.57. The smallest absolute Gasteiger partial charge is 0.377 e. The van der Waals surface area contributed by atoms with E-state index >= 15 is 0 Å². The molecule has 0 saturated heterocycles. The average molecular weight is 196 g/mol. The zero-order valence-corrected chi connectivity index (χ0v) is 7.80. The number of ketones is 1. The van der Waals surface area contributed by atoms with Crippen LogP contribution in [-0.2, 0) is 4.79 Å². The van der Waals surface area contributed by atoms with Crippen molar-refractivity contribution >= 4 is 23.5 Å². The highest BCUT2D eigenvalue weighted by Gasteiger charge is 2.13. The van der Waals surface area contributed by atoms with Crippen molar-refractivity contribution in [3.8, 4) is 0 Å². The maximum Gasteiger partial charge on any atom is 0.377 e. The molecule has 0 fully saturated rings. The summed E-state index contributed by atoms with van der Waals surface area (Å²) in [5.74, 6) is -2.29. The third-order valence-electron chi connectivity index (χ3n) is 1.55. The van der Waals surface area contributed by atoms with Crippen molar-refractivity contribution in [3.63, 3.8) is 0 Å². The minimum absolute atomic E-state index is 0.213. The summed E-state index contributed by atoms with van der Waals surface area (Å²) < 4.78 is 0. The Morgan fingerprint density at radius 3 is 2.15 bits per heavy atom. The molecule has 13 heavy (non-hydrogen) atoms. The maximum absolute atomic E-state index is 10.9. The molecule has 0 bridgehead atoms. The Morgan fingerprint density at radius 1 is 1.23 bits per heavy atom. The van der Waals surface area contributed by atoms with Gasteiger partial charge in [0, 0.05) is 10.5 Å². The molecule has 0 aliphatic rings. The summed E-state index contributed by atoms with van der Waals surface area (Å²) in [6.45, 7) is 0. The van der Waals surface area contributed by atoms with E-state index in [1.165, 1.54) is 23.9 Å². The molecule has 0 saturated carbocycles. The fourth-order valence-electron chi connectivity index (χ4n) is 0.866. The lowest BCUT2D eigenvalue weighted by atomic mass is 10.1. The van der Waals surface area contributed by atoms with Gasteiger partial charge in [-0.1, -0.05) is 0 Å². The molecular formula is C9H8O3S. The van der Waals surface area contributed by atoms with Crippen LogP contribution in [0.1, 0.15) is 10.4 Å². The lowest BCUT2D eigenvalue weighted by molar-refractivity contribution is -0.131. The molecule has 0 atom stereocenters. The van der Waals surface area contributed by atoms with Crippen molar-refractivity contribution in [1.29, 1.82) is 0 Å². The Labute approximate surface area is 79.8 Å². The van der Waals surface area contributed by atoms with Gasteiger partial charge in [-0.2, -0.15) is 0 Å². The number of hydrogen-bond acceptors (Lipinski definition) is 3. The summed E-state index contributed by atoms with van der Waals surface area (Å²) in [5.41, 5.74) is 0.213. The molecule has 0 aliphatic carbocycles. The van der Waals surface area contributed by atoms with Crippen LogP contribution < -0.4 is 0 Å². The third kappa shape index (κ3) is 2.32. The van der Waals surface area contributed by atoms with Gasteiger partial charge >= 0.3 is 5.97 Å². The molecule has 68 valence electrons. The molecule has 1 aromatic carbocycles. The molecule has 0 radical (unpaired) electrons. The molecule has 0 aliphatic heterocycles. The van der Waals surface area contributed by atoms with Crippen LogP contribution in [0.2, 0.25) is 0 Å². The molecule has 0 heterocycles. The van der Waals surface area contributed by atoms with Crippen molar-refractivity contribution in [2.24, 2.45) is 0 Å². The molecule has 0 amide bonds. The van der Waals surface area contributed by atoms with Gasteiger partial charge in [0.05, 0.1) is 0 Å². The van der Waals surface area contributed by atoms with E-state index in [2.05, 4.69) is 0 Å². The maximum atomic E-state index is 10.9. The van der Waals surface area contributed by atoms with E-state index in [1.807, 2.05) is 6.26 Å². The first-order chi connectivity index (χ1) is 6.15. The quantitative estimate of drug-likeness (QED) is 0.454. The third-order valence-corrected chi connectivity index (χ3v) is 2.29. The van der Waals surface area contributed by atoms with Crippen molar-refractivity contribution in [2.45, 2.75) is 4.90 Å². The molecule has 1 N–H and O–H groups in total. The lowest BCUT2D eigenvalue weighted by Gasteiger charge is -1.97. The number of thioether (sulfide) groups is 1. The summed E-state index contributed by atoms with van der Waals surface area (Å²) >= 11 is 1.54. The predicted octanol–water partition coefficient (Wildman–Crippen LogP) is 1.68. The number of hydrogen-bond donors (Lipinski definition) is 1. The molecule has 0 unspecified atom stereocenters. The van der Waals surface area contributed by atoms with Crippen LogP contribution in [0.25, 0.3) is 0 Å². The van der Waals surface area contributed by atoms with Crippen LogP contribution >= 0.6 is 11.8 Å². The van der Waals surface area contributed by atoms with Crippen LogP contribution in [0.3, 0.4) is 0 Å². The predicted molar refractivity (Wildman–Crippen MR) is 50.2 cm³/mol. The topological polar surface area (TPSA) is 54.4 Å². The second-order valence-corrected chi connectivity index (χ2v) is 3.24. The fraction of sp³-hybridized carbons (Fsp3) is 0.111. The van der Waals surface area contributed by atoms with Gasteiger partial charge in [-0.05, 0) is 30.5 Å². The highest BCUT2D eigenvalue weighted by atomic mass is 32.2. The van der Waals surface area contributed by atoms with Gasteiger partial charge in [0.15, 0.2) is 0 Å². The first kappa shape index (κ1) is 9.80. The Hall–Kier alpha value is -1.29. The number of Topliss-reactive ketones (excluding diaryl/α,β-unsaturated/α-hetero) is 1. The number of carboxylic acid groups (broad SMARTS) is 1. The Morgan fingerprint density at radius 2 is 1.77 bits per heavy atom. The summed E-state index contributed by atoms with van der Waals surface area (Å²) in [6, 6.07) is 6.48. The molecule has 3 nitrogen and oxygen atoms in total. The molecule has 1 rings (SSSR count). The van der Waals surface area contributed by atoms with Crippen molar-refractivity contribution < 1.29 is 14.7 Å². The number of carbonyl (C=O) groups is 2. The van der Waals surface area contributed by atoms with Crippen LogP contribution in [0.4, 0.5) is 0 Å². The lowest BCUT2D eigenvalue weighted by Crippen LogP contribution is -2.12. The monoisotopic (exact) mass is 196 g/mol. The highest BCUT2D eigenvalue weighted by Crippen LogP contribution is 2.14. The SMILES string of the molecule is CSc1ccc(C(=O)C(=O)O)cc1. The van der Waals surface area contributed by atoms with E-state index in [0.29, 0.717) is 0 Å². The zero-order chi connectivity index (χ0) is 9.84. The van der Waals surface area contributed by atoms with E-state index in [0.717, 1.165) is 4.90 Å². The molecule has 0 spiro atoms. The van der Waals surface area contributed by atoms with E-state index in [-0.39, 0.29) is 5.56 Å². The molecule has 4 heteroatoms. The van der Waals surface area contributed by atoms with Crippen LogP contribution in [0.15, 0.2) is 29.2 Å². The van der Waals surface area contributed by atoms with Crippen LogP contribution in [0, 0.1) is 0 Å². The molecular weight excluding hydrogens is 188 g/mol. The number of benzene rings is 1. The van der Waals surface area contributed by atoms with Crippen LogP contribution in [-0.4, -0.2) is 23.1 Å². The van der Waals surface area contributed by atoms with Gasteiger partial charge in [-0.25, -0.2) is 4.79 Å². The minimum atomic E-state index is -1.42. The van der Waals surface area contributed by atoms with Gasteiger partial charge in [0.1, 0.15) is 0 Å². The van der Waals surface area contributed by atoms with Gasteiger partial charge in [-0.3, -0.25) is 4.79 Å². The summed E-state index contributed by atoms with van der Waals surface area (Å²) in [4.78, 5) is 22.2.